The number of ether oxygens (including phenoxy) is 1. The van der Waals surface area contributed by atoms with Crippen LogP contribution in [0.3, 0.4) is 0 Å². The molecule has 10 nitrogen and oxygen atoms in total. The van der Waals surface area contributed by atoms with Gasteiger partial charge < -0.3 is 15.4 Å². The predicted octanol–water partition coefficient (Wildman–Crippen LogP) is 5.20. The number of nitrogens with one attached hydrogen (secondary N) is 2. The first-order valence-corrected chi connectivity index (χ1v) is 14.7. The summed E-state index contributed by atoms with van der Waals surface area (Å²) < 4.78 is 7.09. The van der Waals surface area contributed by atoms with Gasteiger partial charge in [0.25, 0.3) is 5.91 Å². The van der Waals surface area contributed by atoms with E-state index < -0.39 is 0 Å². The summed E-state index contributed by atoms with van der Waals surface area (Å²) in [5.74, 6) is -0.142. The average Bonchev–Trinajstić information content (AvgIpc) is 3.43. The van der Waals surface area contributed by atoms with Gasteiger partial charge in [-0.25, -0.2) is 0 Å². The minimum Gasteiger partial charge on any atom is -0.385 e. The van der Waals surface area contributed by atoms with Crippen LogP contribution in [0, 0.1) is 19.8 Å². The molecule has 0 unspecified atom stereocenters. The van der Waals surface area contributed by atoms with Crippen molar-refractivity contribution in [3.8, 4) is 0 Å². The quantitative estimate of drug-likeness (QED) is 0.286. The first-order chi connectivity index (χ1) is 20.2. The second kappa shape index (κ2) is 14.8. The lowest BCUT2D eigenvalue weighted by Crippen LogP contribution is -2.36. The van der Waals surface area contributed by atoms with Crippen molar-refractivity contribution in [1.82, 2.24) is 24.6 Å². The average molecular weight is 574 g/mol. The minimum atomic E-state index is -0.295. The van der Waals surface area contributed by atoms with E-state index in [1.54, 1.807) is 25.6 Å². The molecule has 2 N–H and O–H groups in total. The van der Waals surface area contributed by atoms with Crippen LogP contribution in [0.25, 0.3) is 11.6 Å². The summed E-state index contributed by atoms with van der Waals surface area (Å²) >= 11 is 0. The summed E-state index contributed by atoms with van der Waals surface area (Å²) in [4.78, 5) is 37.0. The van der Waals surface area contributed by atoms with Crippen molar-refractivity contribution in [1.29, 1.82) is 0 Å². The van der Waals surface area contributed by atoms with Crippen LogP contribution in [0.1, 0.15) is 72.4 Å². The molecule has 0 atom stereocenters. The molecule has 2 amide bonds. The summed E-state index contributed by atoms with van der Waals surface area (Å²) in [5, 5.41) is 10.4. The molecule has 42 heavy (non-hydrogen) atoms. The third kappa shape index (κ3) is 8.56. The van der Waals surface area contributed by atoms with Crippen LogP contribution in [0.4, 0.5) is 11.4 Å². The molecule has 1 aliphatic rings. The SMILES string of the molecule is COCCCn1cc(/C(=C/c2cc(C(=O)Nc3cc(NC(=O)CN4CCCCC4)cnc3C)cnc2C)C(C)C)cn1. The van der Waals surface area contributed by atoms with Crippen LogP contribution < -0.4 is 10.6 Å². The van der Waals surface area contributed by atoms with Gasteiger partial charge in [0, 0.05) is 43.9 Å². The van der Waals surface area contributed by atoms with Crippen LogP contribution >= 0.6 is 0 Å². The highest BCUT2D eigenvalue weighted by Gasteiger charge is 2.16. The van der Waals surface area contributed by atoms with E-state index in [1.165, 1.54) is 6.42 Å². The Kier molecular flexibility index (Phi) is 11.0. The fourth-order valence-electron chi connectivity index (χ4n) is 5.02. The second-order valence-electron chi connectivity index (χ2n) is 11.2. The van der Waals surface area contributed by atoms with E-state index in [-0.39, 0.29) is 17.7 Å². The van der Waals surface area contributed by atoms with Crippen molar-refractivity contribution in [2.45, 2.75) is 59.9 Å². The summed E-state index contributed by atoms with van der Waals surface area (Å²) in [7, 11) is 1.70. The molecule has 1 fully saturated rings. The smallest absolute Gasteiger partial charge is 0.257 e. The van der Waals surface area contributed by atoms with E-state index in [0.717, 1.165) is 61.3 Å². The van der Waals surface area contributed by atoms with Crippen LogP contribution in [-0.2, 0) is 16.1 Å². The molecule has 1 aliphatic heterocycles. The molecule has 0 aromatic carbocycles. The van der Waals surface area contributed by atoms with Crippen molar-refractivity contribution in [2.75, 3.05) is 44.0 Å². The van der Waals surface area contributed by atoms with Crippen molar-refractivity contribution >= 4 is 34.8 Å². The number of pyridine rings is 2. The zero-order chi connectivity index (χ0) is 30.1. The largest absolute Gasteiger partial charge is 0.385 e. The van der Waals surface area contributed by atoms with Crippen LogP contribution in [-0.4, -0.2) is 69.8 Å². The lowest BCUT2D eigenvalue weighted by atomic mass is 9.94. The van der Waals surface area contributed by atoms with Crippen LogP contribution in [0.15, 0.2) is 36.9 Å². The minimum absolute atomic E-state index is 0.0829. The first kappa shape index (κ1) is 31.1. The van der Waals surface area contributed by atoms with Crippen LogP contribution in [0.2, 0.25) is 0 Å². The van der Waals surface area contributed by atoms with Gasteiger partial charge in [0.05, 0.1) is 41.6 Å². The maximum Gasteiger partial charge on any atom is 0.257 e. The number of anilines is 2. The number of nitrogens with zero attached hydrogens (tertiary/aromatic N) is 5. The van der Waals surface area contributed by atoms with Gasteiger partial charge >= 0.3 is 0 Å². The van der Waals surface area contributed by atoms with E-state index in [9.17, 15) is 9.59 Å². The van der Waals surface area contributed by atoms with Crippen molar-refractivity contribution in [3.05, 3.63) is 65.0 Å². The van der Waals surface area contributed by atoms with E-state index in [2.05, 4.69) is 56.7 Å². The lowest BCUT2D eigenvalue weighted by Gasteiger charge is -2.25. The molecule has 3 aromatic rings. The highest BCUT2D eigenvalue weighted by atomic mass is 16.5. The summed E-state index contributed by atoms with van der Waals surface area (Å²) in [5.41, 5.74) is 6.03. The van der Waals surface area contributed by atoms with Crippen molar-refractivity contribution in [3.63, 3.8) is 0 Å². The Morgan fingerprint density at radius 2 is 1.76 bits per heavy atom. The van der Waals surface area contributed by atoms with E-state index in [0.29, 0.717) is 35.8 Å². The van der Waals surface area contributed by atoms with Gasteiger partial charge in [0.2, 0.25) is 5.91 Å². The summed E-state index contributed by atoms with van der Waals surface area (Å²) in [6.45, 7) is 11.8. The molecule has 0 aliphatic carbocycles. The van der Waals surface area contributed by atoms with Gasteiger partial charge in [-0.3, -0.25) is 29.1 Å². The van der Waals surface area contributed by atoms with Gasteiger partial charge in [-0.15, -0.1) is 0 Å². The number of allylic oxidation sites excluding steroid dienone is 1. The van der Waals surface area contributed by atoms with Crippen molar-refractivity contribution < 1.29 is 14.3 Å². The Morgan fingerprint density at radius 1 is 1.00 bits per heavy atom. The predicted molar refractivity (Wildman–Crippen MR) is 166 cm³/mol. The van der Waals surface area contributed by atoms with Gasteiger partial charge in [-0.1, -0.05) is 20.3 Å². The number of piperidine rings is 1. The highest BCUT2D eigenvalue weighted by Crippen LogP contribution is 2.27. The monoisotopic (exact) mass is 573 g/mol. The van der Waals surface area contributed by atoms with Gasteiger partial charge in [-0.2, -0.15) is 5.10 Å². The zero-order valence-electron chi connectivity index (χ0n) is 25.4. The van der Waals surface area contributed by atoms with Crippen LogP contribution in [0.5, 0.6) is 0 Å². The molecule has 1 saturated heterocycles. The van der Waals surface area contributed by atoms with E-state index in [1.807, 2.05) is 30.8 Å². The maximum absolute atomic E-state index is 13.3. The third-order valence-corrected chi connectivity index (χ3v) is 7.46. The van der Waals surface area contributed by atoms with E-state index in [4.69, 9.17) is 4.74 Å². The number of aryl methyl sites for hydroxylation is 3. The number of carbonyl (C=O) groups excluding carboxylic acids is 2. The highest BCUT2D eigenvalue weighted by molar-refractivity contribution is 6.05. The molecular weight excluding hydrogens is 530 g/mol. The molecule has 0 radical (unpaired) electrons. The normalized spacial score (nSPS) is 14.3. The molecule has 0 bridgehead atoms. The summed E-state index contributed by atoms with van der Waals surface area (Å²) in [6, 6.07) is 3.61. The number of hydrogen-bond acceptors (Lipinski definition) is 7. The summed E-state index contributed by atoms with van der Waals surface area (Å²) in [6.07, 6.45) is 13.6. The van der Waals surface area contributed by atoms with E-state index >= 15 is 0 Å². The molecule has 0 saturated carbocycles. The maximum atomic E-state index is 13.3. The first-order valence-electron chi connectivity index (χ1n) is 14.7. The molecular formula is C32H43N7O3. The Hall–Kier alpha value is -3.89. The Morgan fingerprint density at radius 3 is 2.50 bits per heavy atom. The second-order valence-corrected chi connectivity index (χ2v) is 11.2. The number of likely N-dealkylation sites (tertiary alicyclic amines) is 1. The number of aromatic nitrogens is 4. The fourth-order valence-corrected chi connectivity index (χ4v) is 5.02. The third-order valence-electron chi connectivity index (χ3n) is 7.46. The molecule has 224 valence electrons. The number of hydrogen-bond donors (Lipinski definition) is 2. The lowest BCUT2D eigenvalue weighted by molar-refractivity contribution is -0.117. The number of carbonyl (C=O) groups is 2. The number of amides is 2. The fraction of sp³-hybridized carbons (Fsp3) is 0.469. The standard InChI is InChI=1S/C32H43N7O3/c1-22(2)29(27-18-35-39(20-27)12-9-13-42-5)15-25-14-26(17-33-23(25)3)32(41)37-30-16-28(19-34-24(30)4)36-31(40)21-38-10-7-6-8-11-38/h14-20,22H,6-13,21H2,1-5H3,(H,36,40)(H,37,41)/b29-15+. The van der Waals surface area contributed by atoms with Gasteiger partial charge in [0.15, 0.2) is 0 Å². The van der Waals surface area contributed by atoms with Crippen molar-refractivity contribution in [2.24, 2.45) is 5.92 Å². The Bertz CT molecular complexity index is 1410. The van der Waals surface area contributed by atoms with Gasteiger partial charge in [-0.05, 0) is 81.5 Å². The zero-order valence-corrected chi connectivity index (χ0v) is 25.4. The molecule has 10 heteroatoms. The Labute approximate surface area is 248 Å². The van der Waals surface area contributed by atoms with Gasteiger partial charge in [0.1, 0.15) is 0 Å². The molecule has 4 rings (SSSR count). The Balaban J connectivity index is 1.48. The number of rotatable bonds is 12. The molecule has 3 aromatic heterocycles. The molecule has 0 spiro atoms. The number of methoxy groups -OCH3 is 1. The topological polar surface area (TPSA) is 114 Å². The molecule has 4 heterocycles.